The van der Waals surface area contributed by atoms with Gasteiger partial charge >= 0.3 is 0 Å². The zero-order valence-corrected chi connectivity index (χ0v) is 16.5. The topological polar surface area (TPSA) is 41.5 Å². The lowest BCUT2D eigenvalue weighted by atomic mass is 9.86. The van der Waals surface area contributed by atoms with E-state index in [0.717, 1.165) is 17.7 Å². The van der Waals surface area contributed by atoms with E-state index in [2.05, 4.69) is 55.6 Å². The van der Waals surface area contributed by atoms with Crippen molar-refractivity contribution in [3.8, 4) is 0 Å². The highest BCUT2D eigenvalue weighted by atomic mass is 35.5. The molecule has 1 fully saturated rings. The number of nitrogens with one attached hydrogen (secondary N) is 1. The van der Waals surface area contributed by atoms with Crippen molar-refractivity contribution in [1.29, 1.82) is 0 Å². The van der Waals surface area contributed by atoms with E-state index in [-0.39, 0.29) is 17.2 Å². The van der Waals surface area contributed by atoms with E-state index in [1.807, 2.05) is 31.2 Å². The highest BCUT2D eigenvalue weighted by Gasteiger charge is 2.44. The summed E-state index contributed by atoms with van der Waals surface area (Å²) < 4.78 is 0. The minimum Gasteiger partial charge on any atom is -0.273 e. The standard InChI is InChI=1S/C22H25ClN2O/c1-14(15-7-11-18(23)12-8-15)24-25-21(26)20-13-19(20)16-5-9-17(10-6-16)22(2,3)4/h5-12,19-20H,13H2,1-4H3,(H,25,26)/b24-14+. The second kappa shape index (κ2) is 7.24. The summed E-state index contributed by atoms with van der Waals surface area (Å²) in [6, 6.07) is 16.1. The molecule has 2 aromatic carbocycles. The fourth-order valence-electron chi connectivity index (χ4n) is 3.06. The van der Waals surface area contributed by atoms with E-state index < -0.39 is 0 Å². The summed E-state index contributed by atoms with van der Waals surface area (Å²) in [4.78, 5) is 12.4. The first-order chi connectivity index (χ1) is 12.3. The van der Waals surface area contributed by atoms with Crippen molar-refractivity contribution in [2.24, 2.45) is 11.0 Å². The molecule has 1 aliphatic carbocycles. The summed E-state index contributed by atoms with van der Waals surface area (Å²) in [6.07, 6.45) is 0.885. The second-order valence-electron chi connectivity index (χ2n) is 8.00. The SMILES string of the molecule is C/C(=N\NC(=O)C1CC1c1ccc(C(C)(C)C)cc1)c1ccc(Cl)cc1. The van der Waals surface area contributed by atoms with Crippen molar-refractivity contribution in [1.82, 2.24) is 5.43 Å². The van der Waals surface area contributed by atoms with Crippen LogP contribution in [-0.2, 0) is 10.2 Å². The molecule has 2 atom stereocenters. The van der Waals surface area contributed by atoms with Crippen LogP contribution in [0, 0.1) is 5.92 Å². The molecule has 136 valence electrons. The zero-order valence-electron chi connectivity index (χ0n) is 15.7. The van der Waals surface area contributed by atoms with Crippen LogP contribution < -0.4 is 5.43 Å². The van der Waals surface area contributed by atoms with Gasteiger partial charge in [0.25, 0.3) is 0 Å². The zero-order chi connectivity index (χ0) is 18.9. The molecule has 0 aromatic heterocycles. The number of hydrogen-bond acceptors (Lipinski definition) is 2. The summed E-state index contributed by atoms with van der Waals surface area (Å²) in [7, 11) is 0. The van der Waals surface area contributed by atoms with Crippen LogP contribution in [-0.4, -0.2) is 11.6 Å². The summed E-state index contributed by atoms with van der Waals surface area (Å²) in [5.41, 5.74) is 7.11. The van der Waals surface area contributed by atoms with Gasteiger partial charge in [0, 0.05) is 10.9 Å². The second-order valence-corrected chi connectivity index (χ2v) is 8.44. The molecule has 2 unspecified atom stereocenters. The maximum absolute atomic E-state index is 12.4. The molecule has 0 bridgehead atoms. The van der Waals surface area contributed by atoms with Gasteiger partial charge in [0.15, 0.2) is 0 Å². The normalized spacial score (nSPS) is 20.0. The predicted molar refractivity (Wildman–Crippen MR) is 108 cm³/mol. The molecule has 0 radical (unpaired) electrons. The van der Waals surface area contributed by atoms with Crippen LogP contribution in [0.2, 0.25) is 5.02 Å². The third-order valence-corrected chi connectivity index (χ3v) is 5.18. The molecule has 1 amide bonds. The first-order valence-electron chi connectivity index (χ1n) is 8.96. The summed E-state index contributed by atoms with van der Waals surface area (Å²) in [5, 5.41) is 4.92. The van der Waals surface area contributed by atoms with E-state index >= 15 is 0 Å². The Labute approximate surface area is 160 Å². The highest BCUT2D eigenvalue weighted by Crippen LogP contribution is 2.47. The van der Waals surface area contributed by atoms with Gasteiger partial charge in [0.05, 0.1) is 5.71 Å². The Kier molecular flexibility index (Phi) is 5.19. The van der Waals surface area contributed by atoms with E-state index in [9.17, 15) is 4.79 Å². The quantitative estimate of drug-likeness (QED) is 0.578. The lowest BCUT2D eigenvalue weighted by Crippen LogP contribution is -2.21. The van der Waals surface area contributed by atoms with Gasteiger partial charge in [-0.1, -0.05) is 68.8 Å². The Morgan fingerprint density at radius 1 is 1.08 bits per heavy atom. The third kappa shape index (κ3) is 4.34. The molecule has 1 saturated carbocycles. The van der Waals surface area contributed by atoms with Crippen molar-refractivity contribution in [2.75, 3.05) is 0 Å². The van der Waals surface area contributed by atoms with Gasteiger partial charge in [-0.25, -0.2) is 5.43 Å². The molecule has 1 N–H and O–H groups in total. The van der Waals surface area contributed by atoms with E-state index in [1.54, 1.807) is 0 Å². The van der Waals surface area contributed by atoms with E-state index in [4.69, 9.17) is 11.6 Å². The number of hydrogen-bond donors (Lipinski definition) is 1. The number of hydrazone groups is 1. The number of halogens is 1. The predicted octanol–water partition coefficient (Wildman–Crippen LogP) is 5.28. The summed E-state index contributed by atoms with van der Waals surface area (Å²) in [5.74, 6) is 0.301. The number of carbonyl (C=O) groups excluding carboxylic acids is 1. The minimum absolute atomic E-state index is 0.0109. The number of amides is 1. The fourth-order valence-corrected chi connectivity index (χ4v) is 3.19. The molecule has 0 aliphatic heterocycles. The Balaban J connectivity index is 1.59. The number of nitrogens with zero attached hydrogens (tertiary/aromatic N) is 1. The molecular weight excluding hydrogens is 344 g/mol. The Morgan fingerprint density at radius 3 is 2.27 bits per heavy atom. The Bertz CT molecular complexity index is 817. The molecule has 1 aliphatic rings. The van der Waals surface area contributed by atoms with Gasteiger partial charge in [-0.2, -0.15) is 5.10 Å². The lowest BCUT2D eigenvalue weighted by molar-refractivity contribution is -0.122. The first-order valence-corrected chi connectivity index (χ1v) is 9.34. The average Bonchev–Trinajstić information content (AvgIpc) is 3.40. The van der Waals surface area contributed by atoms with Crippen LogP contribution in [0.1, 0.15) is 56.7 Å². The van der Waals surface area contributed by atoms with E-state index in [0.29, 0.717) is 10.9 Å². The number of rotatable bonds is 4. The van der Waals surface area contributed by atoms with Crippen molar-refractivity contribution >= 4 is 23.2 Å². The van der Waals surface area contributed by atoms with Gasteiger partial charge in [-0.15, -0.1) is 0 Å². The maximum Gasteiger partial charge on any atom is 0.243 e. The molecular formula is C22H25ClN2O. The van der Waals surface area contributed by atoms with Gasteiger partial charge in [0.2, 0.25) is 5.91 Å². The Hall–Kier alpha value is -2.13. The molecule has 0 spiro atoms. The van der Waals surface area contributed by atoms with Gasteiger partial charge in [-0.3, -0.25) is 4.79 Å². The molecule has 3 nitrogen and oxygen atoms in total. The highest BCUT2D eigenvalue weighted by molar-refractivity contribution is 6.30. The van der Waals surface area contributed by atoms with Crippen LogP contribution in [0.5, 0.6) is 0 Å². The molecule has 3 rings (SSSR count). The summed E-state index contributed by atoms with van der Waals surface area (Å²) in [6.45, 7) is 8.49. The van der Waals surface area contributed by atoms with Crippen LogP contribution in [0.25, 0.3) is 0 Å². The van der Waals surface area contributed by atoms with Crippen LogP contribution in [0.3, 0.4) is 0 Å². The van der Waals surface area contributed by atoms with Gasteiger partial charge < -0.3 is 0 Å². The van der Waals surface area contributed by atoms with Crippen LogP contribution in [0.15, 0.2) is 53.6 Å². The molecule has 26 heavy (non-hydrogen) atoms. The first kappa shape index (κ1) is 18.7. The van der Waals surface area contributed by atoms with Crippen molar-refractivity contribution in [2.45, 2.75) is 45.4 Å². The number of benzene rings is 2. The van der Waals surface area contributed by atoms with Gasteiger partial charge in [0.1, 0.15) is 0 Å². The molecule has 2 aromatic rings. The maximum atomic E-state index is 12.4. The van der Waals surface area contributed by atoms with E-state index in [1.165, 1.54) is 11.1 Å². The van der Waals surface area contributed by atoms with Crippen molar-refractivity contribution < 1.29 is 4.79 Å². The third-order valence-electron chi connectivity index (χ3n) is 4.93. The molecule has 0 heterocycles. The van der Waals surface area contributed by atoms with Gasteiger partial charge in [-0.05, 0) is 53.5 Å². The smallest absolute Gasteiger partial charge is 0.243 e. The van der Waals surface area contributed by atoms with Crippen LogP contribution >= 0.6 is 11.6 Å². The number of carbonyl (C=O) groups is 1. The minimum atomic E-state index is -0.0109. The molecule has 0 saturated heterocycles. The van der Waals surface area contributed by atoms with Crippen molar-refractivity contribution in [3.05, 3.63) is 70.2 Å². The summed E-state index contributed by atoms with van der Waals surface area (Å²) >= 11 is 5.89. The fraction of sp³-hybridized carbons (Fsp3) is 0.364. The lowest BCUT2D eigenvalue weighted by Gasteiger charge is -2.19. The van der Waals surface area contributed by atoms with Crippen molar-refractivity contribution in [3.63, 3.8) is 0 Å². The average molecular weight is 369 g/mol. The Morgan fingerprint density at radius 2 is 1.69 bits per heavy atom. The van der Waals surface area contributed by atoms with Crippen LogP contribution in [0.4, 0.5) is 0 Å². The largest absolute Gasteiger partial charge is 0.273 e. The molecule has 4 heteroatoms. The monoisotopic (exact) mass is 368 g/mol.